The number of carbonyl (C=O) groups is 1. The van der Waals surface area contributed by atoms with Gasteiger partial charge in [0.1, 0.15) is 0 Å². The van der Waals surface area contributed by atoms with Crippen molar-refractivity contribution in [3.05, 3.63) is 0 Å². The van der Waals surface area contributed by atoms with Crippen molar-refractivity contribution in [2.24, 2.45) is 17.8 Å². The monoisotopic (exact) mass is 251 g/mol. The van der Waals surface area contributed by atoms with Crippen LogP contribution in [0.3, 0.4) is 0 Å². The SMILES string of the molecule is CC1CCC(C(=O)N(C)C2CCC(C)CC2)CC1. The Hall–Kier alpha value is -0.530. The zero-order valence-electron chi connectivity index (χ0n) is 12.3. The molecule has 0 radical (unpaired) electrons. The predicted molar refractivity (Wildman–Crippen MR) is 75.3 cm³/mol. The first-order chi connectivity index (χ1) is 8.58. The largest absolute Gasteiger partial charge is 0.343 e. The molecule has 1 amide bonds. The number of rotatable bonds is 2. The molecule has 2 saturated carbocycles. The van der Waals surface area contributed by atoms with Crippen LogP contribution in [0, 0.1) is 17.8 Å². The Morgan fingerprint density at radius 3 is 1.78 bits per heavy atom. The van der Waals surface area contributed by atoms with Crippen LogP contribution in [0.25, 0.3) is 0 Å². The van der Waals surface area contributed by atoms with Gasteiger partial charge in [-0.1, -0.05) is 13.8 Å². The standard InChI is InChI=1S/C16H29NO/c1-12-4-8-14(9-5-12)16(18)17(3)15-10-6-13(2)7-11-15/h12-15H,4-11H2,1-3H3. The summed E-state index contributed by atoms with van der Waals surface area (Å²) in [7, 11) is 2.04. The number of nitrogens with zero attached hydrogens (tertiary/aromatic N) is 1. The highest BCUT2D eigenvalue weighted by Gasteiger charge is 2.31. The Bertz CT molecular complexity index is 273. The smallest absolute Gasteiger partial charge is 0.225 e. The van der Waals surface area contributed by atoms with Gasteiger partial charge in [0.15, 0.2) is 0 Å². The Kier molecular flexibility index (Phi) is 4.69. The average molecular weight is 251 g/mol. The van der Waals surface area contributed by atoms with Crippen LogP contribution in [0.15, 0.2) is 0 Å². The van der Waals surface area contributed by atoms with Gasteiger partial charge in [-0.05, 0) is 63.2 Å². The second-order valence-electron chi connectivity index (χ2n) is 6.82. The molecule has 0 heterocycles. The molecule has 0 atom stereocenters. The number of hydrogen-bond donors (Lipinski definition) is 0. The molecule has 2 fully saturated rings. The first kappa shape index (κ1) is 13.9. The fraction of sp³-hybridized carbons (Fsp3) is 0.938. The van der Waals surface area contributed by atoms with Gasteiger partial charge >= 0.3 is 0 Å². The maximum absolute atomic E-state index is 12.5. The predicted octanol–water partition coefficient (Wildman–Crippen LogP) is 3.85. The summed E-state index contributed by atoms with van der Waals surface area (Å²) in [5.74, 6) is 2.45. The lowest BCUT2D eigenvalue weighted by molar-refractivity contribution is -0.138. The third kappa shape index (κ3) is 3.27. The second kappa shape index (κ2) is 6.08. The van der Waals surface area contributed by atoms with Gasteiger partial charge < -0.3 is 4.90 Å². The van der Waals surface area contributed by atoms with Gasteiger partial charge in [0.05, 0.1) is 0 Å². The van der Waals surface area contributed by atoms with Crippen LogP contribution in [0.2, 0.25) is 0 Å². The van der Waals surface area contributed by atoms with Gasteiger partial charge in [-0.15, -0.1) is 0 Å². The lowest BCUT2D eigenvalue weighted by Crippen LogP contribution is -2.43. The van der Waals surface area contributed by atoms with Crippen LogP contribution in [0.5, 0.6) is 0 Å². The number of hydrogen-bond acceptors (Lipinski definition) is 1. The van der Waals surface area contributed by atoms with Gasteiger partial charge in [-0.3, -0.25) is 4.79 Å². The van der Waals surface area contributed by atoms with Gasteiger partial charge in [-0.25, -0.2) is 0 Å². The molecule has 0 saturated heterocycles. The Morgan fingerprint density at radius 2 is 1.28 bits per heavy atom. The minimum Gasteiger partial charge on any atom is -0.343 e. The molecule has 18 heavy (non-hydrogen) atoms. The van der Waals surface area contributed by atoms with E-state index in [2.05, 4.69) is 18.7 Å². The third-order valence-electron chi connectivity index (χ3n) is 5.25. The van der Waals surface area contributed by atoms with Crippen LogP contribution in [0.4, 0.5) is 0 Å². The van der Waals surface area contributed by atoms with Crippen molar-refractivity contribution < 1.29 is 4.79 Å². The van der Waals surface area contributed by atoms with Crippen LogP contribution >= 0.6 is 0 Å². The minimum atomic E-state index is 0.325. The fourth-order valence-corrected chi connectivity index (χ4v) is 3.60. The topological polar surface area (TPSA) is 20.3 Å². The summed E-state index contributed by atoms with van der Waals surface area (Å²) in [6, 6.07) is 0.521. The van der Waals surface area contributed by atoms with E-state index in [9.17, 15) is 4.79 Å². The summed E-state index contributed by atoms with van der Waals surface area (Å²) in [5.41, 5.74) is 0. The summed E-state index contributed by atoms with van der Waals surface area (Å²) >= 11 is 0. The fourth-order valence-electron chi connectivity index (χ4n) is 3.60. The molecule has 2 aliphatic rings. The second-order valence-corrected chi connectivity index (χ2v) is 6.82. The average Bonchev–Trinajstić information content (AvgIpc) is 2.39. The Morgan fingerprint density at radius 1 is 0.833 bits per heavy atom. The Labute approximate surface area is 112 Å². The van der Waals surface area contributed by atoms with E-state index in [1.807, 2.05) is 7.05 Å². The summed E-state index contributed by atoms with van der Waals surface area (Å²) in [5, 5.41) is 0. The molecule has 0 unspecified atom stereocenters. The zero-order chi connectivity index (χ0) is 13.1. The Balaban J connectivity index is 1.84. The van der Waals surface area contributed by atoms with E-state index in [0.29, 0.717) is 17.9 Å². The highest BCUT2D eigenvalue weighted by Crippen LogP contribution is 2.32. The normalized spacial score (nSPS) is 37.3. The summed E-state index contributed by atoms with van der Waals surface area (Å²) in [4.78, 5) is 14.6. The molecule has 0 aliphatic heterocycles. The van der Waals surface area contributed by atoms with E-state index in [-0.39, 0.29) is 0 Å². The molecular weight excluding hydrogens is 222 g/mol. The molecule has 2 rings (SSSR count). The van der Waals surface area contributed by atoms with E-state index in [1.54, 1.807) is 0 Å². The van der Waals surface area contributed by atoms with Crippen molar-refractivity contribution in [2.75, 3.05) is 7.05 Å². The zero-order valence-corrected chi connectivity index (χ0v) is 12.3. The lowest BCUT2D eigenvalue weighted by Gasteiger charge is -2.37. The van der Waals surface area contributed by atoms with Crippen LogP contribution in [-0.2, 0) is 4.79 Å². The van der Waals surface area contributed by atoms with Crippen molar-refractivity contribution in [3.8, 4) is 0 Å². The molecular formula is C16H29NO. The van der Waals surface area contributed by atoms with Crippen molar-refractivity contribution >= 4 is 5.91 Å². The first-order valence-corrected chi connectivity index (χ1v) is 7.84. The third-order valence-corrected chi connectivity index (χ3v) is 5.25. The molecule has 104 valence electrons. The number of amides is 1. The van der Waals surface area contributed by atoms with Crippen molar-refractivity contribution in [1.82, 2.24) is 4.90 Å². The van der Waals surface area contributed by atoms with Gasteiger partial charge in [0.25, 0.3) is 0 Å². The quantitative estimate of drug-likeness (QED) is 0.730. The maximum Gasteiger partial charge on any atom is 0.225 e. The number of carbonyl (C=O) groups excluding carboxylic acids is 1. The molecule has 2 nitrogen and oxygen atoms in total. The van der Waals surface area contributed by atoms with E-state index in [4.69, 9.17) is 0 Å². The summed E-state index contributed by atoms with van der Waals surface area (Å²) in [6.45, 7) is 4.65. The van der Waals surface area contributed by atoms with E-state index in [1.165, 1.54) is 38.5 Å². The molecule has 0 aromatic rings. The summed E-state index contributed by atoms with van der Waals surface area (Å²) in [6.07, 6.45) is 9.74. The highest BCUT2D eigenvalue weighted by molar-refractivity contribution is 5.79. The van der Waals surface area contributed by atoms with Crippen molar-refractivity contribution in [1.29, 1.82) is 0 Å². The van der Waals surface area contributed by atoms with Crippen LogP contribution in [0.1, 0.15) is 65.2 Å². The maximum atomic E-state index is 12.5. The van der Waals surface area contributed by atoms with E-state index >= 15 is 0 Å². The van der Waals surface area contributed by atoms with E-state index in [0.717, 1.165) is 24.7 Å². The van der Waals surface area contributed by atoms with Crippen molar-refractivity contribution in [2.45, 2.75) is 71.3 Å². The van der Waals surface area contributed by atoms with Gasteiger partial charge in [0, 0.05) is 19.0 Å². The molecule has 0 aromatic carbocycles. The molecule has 2 heteroatoms. The van der Waals surface area contributed by atoms with Crippen molar-refractivity contribution in [3.63, 3.8) is 0 Å². The molecule has 2 aliphatic carbocycles. The van der Waals surface area contributed by atoms with Crippen LogP contribution in [-0.4, -0.2) is 23.9 Å². The molecule has 0 bridgehead atoms. The molecule has 0 aromatic heterocycles. The van der Waals surface area contributed by atoms with E-state index < -0.39 is 0 Å². The summed E-state index contributed by atoms with van der Waals surface area (Å²) < 4.78 is 0. The van der Waals surface area contributed by atoms with Gasteiger partial charge in [-0.2, -0.15) is 0 Å². The van der Waals surface area contributed by atoms with Gasteiger partial charge in [0.2, 0.25) is 5.91 Å². The van der Waals surface area contributed by atoms with Crippen LogP contribution < -0.4 is 0 Å². The minimum absolute atomic E-state index is 0.325. The molecule has 0 spiro atoms. The highest BCUT2D eigenvalue weighted by atomic mass is 16.2. The molecule has 0 N–H and O–H groups in total. The lowest BCUT2D eigenvalue weighted by atomic mass is 9.81. The first-order valence-electron chi connectivity index (χ1n) is 7.84.